The molecule has 3 aromatic rings. The Morgan fingerprint density at radius 3 is 2.45 bits per heavy atom. The Morgan fingerprint density at radius 1 is 1.07 bits per heavy atom. The van der Waals surface area contributed by atoms with Crippen LogP contribution in [-0.2, 0) is 6.54 Å². The average Bonchev–Trinajstić information content (AvgIpc) is 3.16. The summed E-state index contributed by atoms with van der Waals surface area (Å²) in [5, 5.41) is 9.34. The van der Waals surface area contributed by atoms with Crippen LogP contribution in [0.25, 0.3) is 10.9 Å². The first-order chi connectivity index (χ1) is 14.0. The van der Waals surface area contributed by atoms with Gasteiger partial charge in [-0.2, -0.15) is 0 Å². The van der Waals surface area contributed by atoms with Crippen molar-refractivity contribution in [1.82, 2.24) is 9.13 Å². The number of aliphatic hydroxyl groups is 1. The average molecular weight is 396 g/mol. The third-order valence-corrected chi connectivity index (χ3v) is 5.57. The number of para-hydroxylation sites is 1. The van der Waals surface area contributed by atoms with E-state index in [1.807, 2.05) is 0 Å². The van der Waals surface area contributed by atoms with E-state index in [9.17, 15) is 18.8 Å². The number of alkyl halides is 1. The molecule has 2 atom stereocenters. The van der Waals surface area contributed by atoms with Gasteiger partial charge in [-0.3, -0.25) is 18.7 Å². The molecule has 0 spiro atoms. The van der Waals surface area contributed by atoms with E-state index in [-0.39, 0.29) is 12.3 Å². The Labute approximate surface area is 165 Å². The number of hydrogen-bond acceptors (Lipinski definition) is 4. The van der Waals surface area contributed by atoms with Crippen molar-refractivity contribution in [2.75, 3.05) is 6.61 Å². The number of benzene rings is 2. The van der Waals surface area contributed by atoms with Gasteiger partial charge in [0, 0.05) is 5.56 Å². The number of Topliss-reactive ketones (excluding diaryl/α,β-unsaturated/α-hetero) is 1. The van der Waals surface area contributed by atoms with Crippen molar-refractivity contribution in [3.05, 3.63) is 80.5 Å². The Balaban J connectivity index is 1.84. The monoisotopic (exact) mass is 396 g/mol. The maximum atomic E-state index is 14.4. The summed E-state index contributed by atoms with van der Waals surface area (Å²) in [5.74, 6) is -0.386. The highest BCUT2D eigenvalue weighted by atomic mass is 19.1. The van der Waals surface area contributed by atoms with E-state index >= 15 is 0 Å². The van der Waals surface area contributed by atoms with Gasteiger partial charge in [-0.15, -0.1) is 0 Å². The smallest absolute Gasteiger partial charge is 0.332 e. The van der Waals surface area contributed by atoms with E-state index < -0.39 is 30.1 Å². The van der Waals surface area contributed by atoms with Crippen LogP contribution >= 0.6 is 0 Å². The first-order valence-corrected chi connectivity index (χ1v) is 9.62. The van der Waals surface area contributed by atoms with Gasteiger partial charge in [-0.1, -0.05) is 36.4 Å². The molecule has 0 aliphatic heterocycles. The summed E-state index contributed by atoms with van der Waals surface area (Å²) < 4.78 is 16.9. The second-order valence-corrected chi connectivity index (χ2v) is 7.35. The molecule has 1 heterocycles. The number of aromatic nitrogens is 2. The van der Waals surface area contributed by atoms with Gasteiger partial charge in [0.25, 0.3) is 5.56 Å². The second kappa shape index (κ2) is 7.75. The summed E-state index contributed by atoms with van der Waals surface area (Å²) >= 11 is 0. The molecule has 0 saturated heterocycles. The van der Waals surface area contributed by atoms with Gasteiger partial charge in [0.05, 0.1) is 23.5 Å². The number of fused-ring (bicyclic) bond motifs is 1. The predicted octanol–water partition coefficient (Wildman–Crippen LogP) is 2.45. The molecule has 2 unspecified atom stereocenters. The first-order valence-electron chi connectivity index (χ1n) is 9.62. The maximum Gasteiger partial charge on any atom is 0.332 e. The lowest BCUT2D eigenvalue weighted by atomic mass is 10.1. The molecule has 0 bridgehead atoms. The highest BCUT2D eigenvalue weighted by Gasteiger charge is 2.32. The summed E-state index contributed by atoms with van der Waals surface area (Å²) in [4.78, 5) is 37.8. The normalized spacial score (nSPS) is 19.0. The zero-order valence-electron chi connectivity index (χ0n) is 15.8. The van der Waals surface area contributed by atoms with Crippen molar-refractivity contribution in [3.63, 3.8) is 0 Å². The van der Waals surface area contributed by atoms with Crippen LogP contribution in [-0.4, -0.2) is 32.8 Å². The molecule has 1 aromatic heterocycles. The molecule has 2 aromatic carbocycles. The minimum atomic E-state index is -1.21. The number of nitrogens with zero attached hydrogens (tertiary/aromatic N) is 2. The molecule has 0 amide bonds. The fourth-order valence-corrected chi connectivity index (χ4v) is 4.04. The van der Waals surface area contributed by atoms with E-state index in [0.29, 0.717) is 35.7 Å². The zero-order chi connectivity index (χ0) is 20.5. The highest BCUT2D eigenvalue weighted by Crippen LogP contribution is 2.31. The molecular weight excluding hydrogens is 375 g/mol. The molecule has 1 aliphatic carbocycles. The minimum absolute atomic E-state index is 0.177. The molecule has 1 saturated carbocycles. The number of carbonyl (C=O) groups excluding carboxylic acids is 1. The summed E-state index contributed by atoms with van der Waals surface area (Å²) in [6.45, 7) is -0.392. The van der Waals surface area contributed by atoms with Gasteiger partial charge in [-0.05, 0) is 37.0 Å². The van der Waals surface area contributed by atoms with Crippen LogP contribution in [0.4, 0.5) is 4.39 Å². The lowest BCUT2D eigenvalue weighted by Crippen LogP contribution is -2.43. The number of carbonyl (C=O) groups is 1. The SMILES string of the molecule is O=C(CO)c1ccc(Cn2c(=O)n(C3CCCC3F)c(=O)c3ccccc32)cc1. The topological polar surface area (TPSA) is 81.3 Å². The second-order valence-electron chi connectivity index (χ2n) is 7.35. The molecule has 4 rings (SSSR count). The highest BCUT2D eigenvalue weighted by molar-refractivity contribution is 5.96. The van der Waals surface area contributed by atoms with Crippen LogP contribution in [0.1, 0.15) is 41.2 Å². The molecule has 1 aliphatic rings. The van der Waals surface area contributed by atoms with E-state index in [2.05, 4.69) is 0 Å². The number of hydrogen-bond donors (Lipinski definition) is 1. The van der Waals surface area contributed by atoms with Crippen molar-refractivity contribution in [1.29, 1.82) is 0 Å². The van der Waals surface area contributed by atoms with E-state index in [0.717, 1.165) is 10.1 Å². The Hall–Kier alpha value is -3.06. The van der Waals surface area contributed by atoms with E-state index in [4.69, 9.17) is 5.11 Å². The number of halogens is 1. The van der Waals surface area contributed by atoms with Crippen molar-refractivity contribution >= 4 is 16.7 Å². The van der Waals surface area contributed by atoms with Crippen LogP contribution in [0.3, 0.4) is 0 Å². The van der Waals surface area contributed by atoms with Crippen LogP contribution in [0.2, 0.25) is 0 Å². The van der Waals surface area contributed by atoms with Gasteiger partial charge in [0.1, 0.15) is 12.8 Å². The summed E-state index contributed by atoms with van der Waals surface area (Å²) in [6.07, 6.45) is 0.250. The number of rotatable bonds is 5. The molecule has 150 valence electrons. The van der Waals surface area contributed by atoms with Crippen LogP contribution in [0.5, 0.6) is 0 Å². The molecule has 1 N–H and O–H groups in total. The van der Waals surface area contributed by atoms with Crippen LogP contribution < -0.4 is 11.2 Å². The molecule has 6 nitrogen and oxygen atoms in total. The van der Waals surface area contributed by atoms with Crippen LogP contribution in [0.15, 0.2) is 58.1 Å². The standard InChI is InChI=1S/C22H21FN2O4/c23-17-5-3-7-19(17)25-21(28)16-4-1-2-6-18(16)24(22(25)29)12-14-8-10-15(11-9-14)20(27)13-26/h1-2,4,6,8-11,17,19,26H,3,5,7,12-13H2. The van der Waals surface area contributed by atoms with Gasteiger partial charge in [0.15, 0.2) is 5.78 Å². The fraction of sp³-hybridized carbons (Fsp3) is 0.318. The van der Waals surface area contributed by atoms with Crippen LogP contribution in [0, 0.1) is 0 Å². The third-order valence-electron chi connectivity index (χ3n) is 5.57. The van der Waals surface area contributed by atoms with Crippen molar-refractivity contribution < 1.29 is 14.3 Å². The number of aliphatic hydroxyl groups excluding tert-OH is 1. The van der Waals surface area contributed by atoms with Crippen molar-refractivity contribution in [3.8, 4) is 0 Å². The Bertz CT molecular complexity index is 1180. The van der Waals surface area contributed by atoms with Gasteiger partial charge in [-0.25, -0.2) is 9.18 Å². The maximum absolute atomic E-state index is 14.4. The lowest BCUT2D eigenvalue weighted by Gasteiger charge is -2.19. The fourth-order valence-electron chi connectivity index (χ4n) is 4.04. The molecule has 0 radical (unpaired) electrons. The summed E-state index contributed by atoms with van der Waals surface area (Å²) in [7, 11) is 0. The van der Waals surface area contributed by atoms with Gasteiger partial charge in [0.2, 0.25) is 0 Å². The largest absolute Gasteiger partial charge is 0.388 e. The lowest BCUT2D eigenvalue weighted by molar-refractivity contribution is 0.0903. The summed E-state index contributed by atoms with van der Waals surface area (Å²) in [5.41, 5.74) is 0.631. The Morgan fingerprint density at radius 2 is 1.79 bits per heavy atom. The number of ketones is 1. The molecule has 29 heavy (non-hydrogen) atoms. The molecule has 7 heteroatoms. The third kappa shape index (κ3) is 3.42. The first kappa shape index (κ1) is 19.3. The molecule has 1 fully saturated rings. The Kier molecular flexibility index (Phi) is 5.15. The van der Waals surface area contributed by atoms with Crippen molar-refractivity contribution in [2.45, 2.75) is 38.0 Å². The zero-order valence-corrected chi connectivity index (χ0v) is 15.8. The van der Waals surface area contributed by atoms with E-state index in [1.54, 1.807) is 48.5 Å². The van der Waals surface area contributed by atoms with E-state index in [1.165, 1.54) is 4.57 Å². The predicted molar refractivity (Wildman–Crippen MR) is 107 cm³/mol. The van der Waals surface area contributed by atoms with Gasteiger partial charge < -0.3 is 5.11 Å². The minimum Gasteiger partial charge on any atom is -0.388 e. The van der Waals surface area contributed by atoms with Crippen molar-refractivity contribution in [2.24, 2.45) is 0 Å². The molecular formula is C22H21FN2O4. The van der Waals surface area contributed by atoms with Gasteiger partial charge >= 0.3 is 5.69 Å². The quantitative estimate of drug-likeness (QED) is 0.672. The summed E-state index contributed by atoms with van der Waals surface area (Å²) in [6, 6.07) is 12.7.